The lowest BCUT2D eigenvalue weighted by atomic mass is 10.0. The van der Waals surface area contributed by atoms with Crippen molar-refractivity contribution in [2.24, 2.45) is 11.7 Å². The summed E-state index contributed by atoms with van der Waals surface area (Å²) in [7, 11) is 0. The minimum atomic E-state index is 0.0188. The lowest BCUT2D eigenvalue weighted by molar-refractivity contribution is -0.203. The first-order chi connectivity index (χ1) is 5.84. The molecule has 1 atom stereocenters. The predicted octanol–water partition coefficient (Wildman–Crippen LogP) is 1.12. The van der Waals surface area contributed by atoms with Gasteiger partial charge < -0.3 is 15.2 Å². The number of hydrogen-bond donors (Lipinski definition) is 1. The summed E-state index contributed by atoms with van der Waals surface area (Å²) >= 11 is 0. The predicted molar refractivity (Wildman–Crippen MR) is 47.8 cm³/mol. The van der Waals surface area contributed by atoms with Crippen molar-refractivity contribution in [3.63, 3.8) is 0 Å². The molecule has 0 spiro atoms. The molecule has 1 heterocycles. The van der Waals surface area contributed by atoms with Crippen LogP contribution in [0.1, 0.15) is 26.2 Å². The van der Waals surface area contributed by atoms with Crippen LogP contribution in [0, 0.1) is 5.92 Å². The van der Waals surface area contributed by atoms with E-state index in [-0.39, 0.29) is 6.29 Å². The first-order valence-electron chi connectivity index (χ1n) is 4.78. The van der Waals surface area contributed by atoms with Gasteiger partial charge in [-0.05, 0) is 25.8 Å². The highest BCUT2D eigenvalue weighted by Gasteiger charge is 2.20. The van der Waals surface area contributed by atoms with Gasteiger partial charge in [0.15, 0.2) is 6.29 Å². The molecule has 1 aliphatic heterocycles. The van der Waals surface area contributed by atoms with Crippen molar-refractivity contribution in [1.29, 1.82) is 0 Å². The molecule has 3 heteroatoms. The third-order valence-electron chi connectivity index (χ3n) is 2.18. The summed E-state index contributed by atoms with van der Waals surface area (Å²) in [6.07, 6.45) is 3.20. The van der Waals surface area contributed by atoms with Gasteiger partial charge in [0.2, 0.25) is 0 Å². The summed E-state index contributed by atoms with van der Waals surface area (Å²) in [6, 6.07) is 0. The monoisotopic (exact) mass is 173 g/mol. The molecule has 0 aromatic carbocycles. The molecule has 0 amide bonds. The molecule has 72 valence electrons. The Balaban J connectivity index is 2.15. The molecule has 1 aliphatic rings. The van der Waals surface area contributed by atoms with Crippen LogP contribution >= 0.6 is 0 Å². The van der Waals surface area contributed by atoms with Gasteiger partial charge in [-0.3, -0.25) is 0 Å². The second-order valence-electron chi connectivity index (χ2n) is 3.37. The van der Waals surface area contributed by atoms with Crippen LogP contribution in [0.5, 0.6) is 0 Å². The zero-order chi connectivity index (χ0) is 8.81. The van der Waals surface area contributed by atoms with Crippen molar-refractivity contribution < 1.29 is 9.47 Å². The van der Waals surface area contributed by atoms with Crippen LogP contribution in [0.15, 0.2) is 0 Å². The van der Waals surface area contributed by atoms with Gasteiger partial charge in [0.1, 0.15) is 0 Å². The van der Waals surface area contributed by atoms with Crippen molar-refractivity contribution in [3.05, 3.63) is 0 Å². The van der Waals surface area contributed by atoms with Crippen LogP contribution in [0.2, 0.25) is 0 Å². The van der Waals surface area contributed by atoms with Crippen LogP contribution in [-0.2, 0) is 9.47 Å². The van der Waals surface area contributed by atoms with Gasteiger partial charge in [-0.25, -0.2) is 0 Å². The Morgan fingerprint density at radius 3 is 2.67 bits per heavy atom. The molecule has 12 heavy (non-hydrogen) atoms. The van der Waals surface area contributed by atoms with Crippen LogP contribution in [0.4, 0.5) is 0 Å². The third kappa shape index (κ3) is 3.09. The first-order valence-corrected chi connectivity index (χ1v) is 4.78. The van der Waals surface area contributed by atoms with E-state index in [2.05, 4.69) is 6.92 Å². The molecule has 0 saturated carbocycles. The molecule has 2 N–H and O–H groups in total. The minimum absolute atomic E-state index is 0.0188. The second-order valence-corrected chi connectivity index (χ2v) is 3.37. The fourth-order valence-electron chi connectivity index (χ4n) is 1.41. The Bertz CT molecular complexity index is 113. The Kier molecular flexibility index (Phi) is 4.58. The zero-order valence-electron chi connectivity index (χ0n) is 7.79. The molecule has 3 nitrogen and oxygen atoms in total. The van der Waals surface area contributed by atoms with E-state index in [4.69, 9.17) is 15.2 Å². The Morgan fingerprint density at radius 2 is 2.08 bits per heavy atom. The Morgan fingerprint density at radius 1 is 1.42 bits per heavy atom. The molecule has 1 unspecified atom stereocenters. The summed E-state index contributed by atoms with van der Waals surface area (Å²) in [5.74, 6) is 0.480. The highest BCUT2D eigenvalue weighted by Crippen LogP contribution is 2.18. The van der Waals surface area contributed by atoms with Gasteiger partial charge in [-0.15, -0.1) is 0 Å². The number of ether oxygens (including phenoxy) is 2. The standard InChI is InChI=1S/C9H19NO2/c1-8(4-2-5-10)9-11-6-3-7-12-9/h8-9H,2-7,10H2,1H3. The smallest absolute Gasteiger partial charge is 0.160 e. The molecular weight excluding hydrogens is 154 g/mol. The van der Waals surface area contributed by atoms with E-state index in [9.17, 15) is 0 Å². The van der Waals surface area contributed by atoms with Crippen LogP contribution in [0.25, 0.3) is 0 Å². The summed E-state index contributed by atoms with van der Waals surface area (Å²) < 4.78 is 10.9. The molecule has 0 aromatic rings. The van der Waals surface area contributed by atoms with Crippen molar-refractivity contribution >= 4 is 0 Å². The quantitative estimate of drug-likeness (QED) is 0.693. The summed E-state index contributed by atoms with van der Waals surface area (Å²) in [4.78, 5) is 0. The molecular formula is C9H19NO2. The maximum absolute atomic E-state index is 5.47. The summed E-state index contributed by atoms with van der Waals surface area (Å²) in [5, 5.41) is 0. The fraction of sp³-hybridized carbons (Fsp3) is 1.00. The van der Waals surface area contributed by atoms with Crippen LogP contribution in [0.3, 0.4) is 0 Å². The van der Waals surface area contributed by atoms with E-state index < -0.39 is 0 Å². The molecule has 1 fully saturated rings. The van der Waals surface area contributed by atoms with Crippen LogP contribution < -0.4 is 5.73 Å². The van der Waals surface area contributed by atoms with E-state index in [1.165, 1.54) is 0 Å². The van der Waals surface area contributed by atoms with Crippen molar-refractivity contribution in [1.82, 2.24) is 0 Å². The summed E-state index contributed by atoms with van der Waals surface area (Å²) in [6.45, 7) is 4.61. The summed E-state index contributed by atoms with van der Waals surface area (Å²) in [5.41, 5.74) is 5.42. The van der Waals surface area contributed by atoms with E-state index in [0.717, 1.165) is 39.0 Å². The Hall–Kier alpha value is -0.120. The largest absolute Gasteiger partial charge is 0.352 e. The average Bonchev–Trinajstić information content (AvgIpc) is 2.15. The molecule has 0 radical (unpaired) electrons. The van der Waals surface area contributed by atoms with E-state index in [1.54, 1.807) is 0 Å². The number of hydrogen-bond acceptors (Lipinski definition) is 3. The highest BCUT2D eigenvalue weighted by atomic mass is 16.7. The topological polar surface area (TPSA) is 44.5 Å². The van der Waals surface area contributed by atoms with Crippen molar-refractivity contribution in [2.45, 2.75) is 32.5 Å². The van der Waals surface area contributed by atoms with Crippen molar-refractivity contribution in [3.8, 4) is 0 Å². The maximum Gasteiger partial charge on any atom is 0.160 e. The van der Waals surface area contributed by atoms with E-state index in [1.807, 2.05) is 0 Å². The van der Waals surface area contributed by atoms with Gasteiger partial charge in [-0.2, -0.15) is 0 Å². The van der Waals surface area contributed by atoms with Gasteiger partial charge in [0.05, 0.1) is 13.2 Å². The number of nitrogens with two attached hydrogens (primary N) is 1. The second kappa shape index (κ2) is 5.51. The van der Waals surface area contributed by atoms with E-state index >= 15 is 0 Å². The van der Waals surface area contributed by atoms with Gasteiger partial charge in [0.25, 0.3) is 0 Å². The van der Waals surface area contributed by atoms with E-state index in [0.29, 0.717) is 5.92 Å². The first kappa shape index (κ1) is 9.96. The SMILES string of the molecule is CC(CCCN)C1OCCCO1. The molecule has 0 aliphatic carbocycles. The fourth-order valence-corrected chi connectivity index (χ4v) is 1.41. The normalized spacial score (nSPS) is 22.5. The zero-order valence-corrected chi connectivity index (χ0v) is 7.79. The molecule has 0 bridgehead atoms. The Labute approximate surface area is 74.2 Å². The third-order valence-corrected chi connectivity index (χ3v) is 2.18. The molecule has 0 aromatic heterocycles. The highest BCUT2D eigenvalue weighted by molar-refractivity contribution is 4.61. The van der Waals surface area contributed by atoms with Crippen molar-refractivity contribution in [2.75, 3.05) is 19.8 Å². The van der Waals surface area contributed by atoms with Gasteiger partial charge >= 0.3 is 0 Å². The minimum Gasteiger partial charge on any atom is -0.352 e. The average molecular weight is 173 g/mol. The van der Waals surface area contributed by atoms with Gasteiger partial charge in [-0.1, -0.05) is 6.92 Å². The van der Waals surface area contributed by atoms with Crippen LogP contribution in [-0.4, -0.2) is 26.0 Å². The van der Waals surface area contributed by atoms with Gasteiger partial charge in [0, 0.05) is 5.92 Å². The number of rotatable bonds is 4. The molecule has 1 rings (SSSR count). The lowest BCUT2D eigenvalue weighted by Crippen LogP contribution is -2.31. The molecule has 1 saturated heterocycles. The maximum atomic E-state index is 5.47. The lowest BCUT2D eigenvalue weighted by Gasteiger charge is -2.28.